The summed E-state index contributed by atoms with van der Waals surface area (Å²) in [6.07, 6.45) is 1.02. The summed E-state index contributed by atoms with van der Waals surface area (Å²) in [5.41, 5.74) is 3.19. The monoisotopic (exact) mass is 398 g/mol. The van der Waals surface area contributed by atoms with Gasteiger partial charge in [0, 0.05) is 16.6 Å². The number of ether oxygens (including phenoxy) is 2. The molecule has 0 spiro atoms. The van der Waals surface area contributed by atoms with E-state index in [9.17, 15) is 4.79 Å². The minimum Gasteiger partial charge on any atom is -0.492 e. The van der Waals surface area contributed by atoms with Crippen LogP contribution >= 0.6 is 11.6 Å². The predicted molar refractivity (Wildman–Crippen MR) is 113 cm³/mol. The van der Waals surface area contributed by atoms with Crippen molar-refractivity contribution in [3.05, 3.63) is 58.7 Å². The van der Waals surface area contributed by atoms with Crippen LogP contribution in [-0.2, 0) is 4.79 Å². The number of aromatic nitrogens is 1. The molecule has 3 rings (SSSR count). The highest BCUT2D eigenvalue weighted by Crippen LogP contribution is 2.30. The van der Waals surface area contributed by atoms with E-state index < -0.39 is 6.10 Å². The summed E-state index contributed by atoms with van der Waals surface area (Å²) in [7, 11) is 0. The van der Waals surface area contributed by atoms with E-state index >= 15 is 0 Å². The van der Waals surface area contributed by atoms with Crippen LogP contribution in [0.2, 0.25) is 5.02 Å². The van der Waals surface area contributed by atoms with Gasteiger partial charge in [-0.15, -0.1) is 0 Å². The molecule has 5 nitrogen and oxygen atoms in total. The Balaban J connectivity index is 1.80. The number of hydrogen-bond donors (Lipinski definition) is 1. The predicted octanol–water partition coefficient (Wildman–Crippen LogP) is 5.31. The van der Waals surface area contributed by atoms with E-state index in [0.717, 1.165) is 16.5 Å². The Hall–Kier alpha value is -2.79. The van der Waals surface area contributed by atoms with E-state index in [4.69, 9.17) is 21.1 Å². The second kappa shape index (κ2) is 8.48. The lowest BCUT2D eigenvalue weighted by molar-refractivity contribution is -0.122. The molecule has 1 heterocycles. The Bertz CT molecular complexity index is 997. The highest BCUT2D eigenvalue weighted by Gasteiger charge is 2.18. The zero-order chi connectivity index (χ0) is 20.3. The number of benzene rings is 2. The Morgan fingerprint density at radius 1 is 1.21 bits per heavy atom. The fourth-order valence-electron chi connectivity index (χ4n) is 2.99. The molecule has 1 N–H and O–H groups in total. The minimum atomic E-state index is -0.682. The molecule has 28 heavy (non-hydrogen) atoms. The first-order chi connectivity index (χ1) is 13.4. The fraction of sp³-hybridized carbons (Fsp3) is 0.273. The maximum atomic E-state index is 12.7. The van der Waals surface area contributed by atoms with Crippen molar-refractivity contribution in [1.82, 2.24) is 4.98 Å². The summed E-state index contributed by atoms with van der Waals surface area (Å²) >= 11 is 6.20. The molecule has 0 saturated heterocycles. The molecule has 2 aromatic carbocycles. The summed E-state index contributed by atoms with van der Waals surface area (Å²) in [5.74, 6) is 1.05. The van der Waals surface area contributed by atoms with Gasteiger partial charge in [-0.2, -0.15) is 0 Å². The molecule has 0 bridgehead atoms. The molecule has 0 aliphatic rings. The van der Waals surface area contributed by atoms with Gasteiger partial charge in [-0.1, -0.05) is 11.6 Å². The van der Waals surface area contributed by atoms with Crippen molar-refractivity contribution in [2.45, 2.75) is 33.8 Å². The van der Waals surface area contributed by atoms with E-state index in [-0.39, 0.29) is 5.91 Å². The number of fused-ring (bicyclic) bond motifs is 1. The normalized spacial score (nSPS) is 11.9. The molecule has 0 saturated carbocycles. The van der Waals surface area contributed by atoms with Crippen molar-refractivity contribution in [2.24, 2.45) is 0 Å². The topological polar surface area (TPSA) is 60.5 Å². The lowest BCUT2D eigenvalue weighted by Crippen LogP contribution is -2.30. The van der Waals surface area contributed by atoms with Crippen LogP contribution in [0.25, 0.3) is 10.9 Å². The zero-order valence-electron chi connectivity index (χ0n) is 16.4. The first-order valence-corrected chi connectivity index (χ1v) is 9.53. The molecule has 146 valence electrons. The van der Waals surface area contributed by atoms with E-state index in [2.05, 4.69) is 10.3 Å². The molecular weight excluding hydrogens is 376 g/mol. The number of rotatable bonds is 6. The smallest absolute Gasteiger partial charge is 0.265 e. The van der Waals surface area contributed by atoms with Crippen molar-refractivity contribution < 1.29 is 14.3 Å². The average molecular weight is 399 g/mol. The van der Waals surface area contributed by atoms with Gasteiger partial charge < -0.3 is 14.8 Å². The fourth-order valence-corrected chi connectivity index (χ4v) is 3.10. The van der Waals surface area contributed by atoms with Crippen LogP contribution in [0.3, 0.4) is 0 Å². The van der Waals surface area contributed by atoms with Crippen molar-refractivity contribution in [2.75, 3.05) is 11.9 Å². The third-order valence-corrected chi connectivity index (χ3v) is 4.98. The molecule has 0 radical (unpaired) electrons. The number of hydrogen-bond acceptors (Lipinski definition) is 4. The van der Waals surface area contributed by atoms with E-state index in [1.165, 1.54) is 0 Å². The standard InChI is InChI=1S/C22H23ClN2O3/c1-5-27-19-9-8-18(17-7-6-10-24-21(17)19)25-22(26)15(4)28-16-11-13(2)20(23)14(3)12-16/h6-12,15H,5H2,1-4H3,(H,25,26). The van der Waals surface area contributed by atoms with E-state index in [1.807, 2.05) is 57.2 Å². The van der Waals surface area contributed by atoms with Gasteiger partial charge in [0.2, 0.25) is 0 Å². The highest BCUT2D eigenvalue weighted by atomic mass is 35.5. The molecular formula is C22H23ClN2O3. The Labute approximate surface area is 169 Å². The Morgan fingerprint density at radius 2 is 1.93 bits per heavy atom. The summed E-state index contributed by atoms with van der Waals surface area (Å²) in [6, 6.07) is 11.0. The number of carbonyl (C=O) groups excluding carboxylic acids is 1. The molecule has 1 amide bonds. The summed E-state index contributed by atoms with van der Waals surface area (Å²) in [4.78, 5) is 17.1. The van der Waals surface area contributed by atoms with Crippen LogP contribution < -0.4 is 14.8 Å². The lowest BCUT2D eigenvalue weighted by Gasteiger charge is -2.17. The van der Waals surface area contributed by atoms with Crippen molar-refractivity contribution in [1.29, 1.82) is 0 Å². The molecule has 0 fully saturated rings. The zero-order valence-corrected chi connectivity index (χ0v) is 17.1. The molecule has 1 unspecified atom stereocenters. The summed E-state index contributed by atoms with van der Waals surface area (Å²) in [6.45, 7) is 7.99. The van der Waals surface area contributed by atoms with Crippen LogP contribution in [0.15, 0.2) is 42.6 Å². The number of anilines is 1. The summed E-state index contributed by atoms with van der Waals surface area (Å²) in [5, 5.41) is 4.45. The number of nitrogens with zero attached hydrogens (tertiary/aromatic N) is 1. The maximum Gasteiger partial charge on any atom is 0.265 e. The second-order valence-corrected chi connectivity index (χ2v) is 6.94. The largest absolute Gasteiger partial charge is 0.492 e. The summed E-state index contributed by atoms with van der Waals surface area (Å²) < 4.78 is 11.5. The van der Waals surface area contributed by atoms with E-state index in [0.29, 0.717) is 34.3 Å². The van der Waals surface area contributed by atoms with Crippen LogP contribution in [-0.4, -0.2) is 23.6 Å². The number of amides is 1. The second-order valence-electron chi connectivity index (χ2n) is 6.56. The van der Waals surface area contributed by atoms with Gasteiger partial charge in [-0.3, -0.25) is 9.78 Å². The number of aryl methyl sites for hydroxylation is 2. The van der Waals surface area contributed by atoms with Crippen molar-refractivity contribution >= 4 is 34.1 Å². The van der Waals surface area contributed by atoms with Crippen LogP contribution in [0.4, 0.5) is 5.69 Å². The minimum absolute atomic E-state index is 0.250. The van der Waals surface area contributed by atoms with Crippen LogP contribution in [0.5, 0.6) is 11.5 Å². The Kier molecular flexibility index (Phi) is 6.05. The molecule has 0 aliphatic heterocycles. The maximum absolute atomic E-state index is 12.7. The number of carbonyl (C=O) groups is 1. The Morgan fingerprint density at radius 3 is 2.61 bits per heavy atom. The van der Waals surface area contributed by atoms with Gasteiger partial charge in [0.05, 0.1) is 12.3 Å². The van der Waals surface area contributed by atoms with Gasteiger partial charge in [-0.25, -0.2) is 0 Å². The highest BCUT2D eigenvalue weighted by molar-refractivity contribution is 6.32. The number of halogens is 1. The molecule has 0 aliphatic carbocycles. The third kappa shape index (κ3) is 4.20. The van der Waals surface area contributed by atoms with Gasteiger partial charge in [0.1, 0.15) is 17.0 Å². The van der Waals surface area contributed by atoms with Gasteiger partial charge >= 0.3 is 0 Å². The number of nitrogens with one attached hydrogen (secondary N) is 1. The van der Waals surface area contributed by atoms with Crippen LogP contribution in [0.1, 0.15) is 25.0 Å². The van der Waals surface area contributed by atoms with Crippen molar-refractivity contribution in [3.63, 3.8) is 0 Å². The van der Waals surface area contributed by atoms with Gasteiger partial charge in [0.15, 0.2) is 6.10 Å². The molecule has 6 heteroatoms. The first-order valence-electron chi connectivity index (χ1n) is 9.15. The third-order valence-electron chi connectivity index (χ3n) is 4.38. The first kappa shape index (κ1) is 20.0. The quantitative estimate of drug-likeness (QED) is 0.611. The van der Waals surface area contributed by atoms with Crippen LogP contribution in [0, 0.1) is 13.8 Å². The van der Waals surface area contributed by atoms with Gasteiger partial charge in [-0.05, 0) is 75.2 Å². The van der Waals surface area contributed by atoms with Gasteiger partial charge in [0.25, 0.3) is 5.91 Å². The van der Waals surface area contributed by atoms with E-state index in [1.54, 1.807) is 13.1 Å². The van der Waals surface area contributed by atoms with Crippen molar-refractivity contribution in [3.8, 4) is 11.5 Å². The average Bonchev–Trinajstić information content (AvgIpc) is 2.68. The molecule has 3 aromatic rings. The lowest BCUT2D eigenvalue weighted by atomic mass is 10.1. The molecule has 1 aromatic heterocycles. The SMILES string of the molecule is CCOc1ccc(NC(=O)C(C)Oc2cc(C)c(Cl)c(C)c2)c2cccnc12. The number of pyridine rings is 1. The molecule has 1 atom stereocenters.